The number of carbonyl (C=O) groups excluding carboxylic acids is 3. The first-order valence-electron chi connectivity index (χ1n) is 10.9. The lowest BCUT2D eigenvalue weighted by Gasteiger charge is -2.27. The Morgan fingerprint density at radius 2 is 1.48 bits per heavy atom. The van der Waals surface area contributed by atoms with E-state index in [1.807, 2.05) is 0 Å². The number of hydrogen-bond donors (Lipinski definition) is 8. The van der Waals surface area contributed by atoms with Crippen molar-refractivity contribution in [3.63, 3.8) is 0 Å². The van der Waals surface area contributed by atoms with Crippen LogP contribution in [0.3, 0.4) is 0 Å². The normalized spacial score (nSPS) is 15.4. The molecule has 0 saturated heterocycles. The lowest BCUT2D eigenvalue weighted by atomic mass is 9.97. The van der Waals surface area contributed by atoms with Crippen LogP contribution in [0.2, 0.25) is 0 Å². The van der Waals surface area contributed by atoms with Gasteiger partial charge in [-0.3, -0.25) is 19.2 Å². The van der Waals surface area contributed by atoms with Crippen LogP contribution in [0.5, 0.6) is 0 Å². The van der Waals surface area contributed by atoms with Crippen molar-refractivity contribution < 1.29 is 39.3 Å². The van der Waals surface area contributed by atoms with Crippen molar-refractivity contribution >= 4 is 29.7 Å². The Kier molecular flexibility index (Phi) is 14.6. The van der Waals surface area contributed by atoms with Gasteiger partial charge in [-0.1, -0.05) is 20.3 Å². The van der Waals surface area contributed by atoms with Crippen molar-refractivity contribution in [2.24, 2.45) is 17.4 Å². The second kappa shape index (κ2) is 15.9. The Balaban J connectivity index is 5.52. The van der Waals surface area contributed by atoms with Crippen molar-refractivity contribution in [2.75, 3.05) is 13.2 Å². The van der Waals surface area contributed by atoms with Gasteiger partial charge < -0.3 is 42.7 Å². The summed E-state index contributed by atoms with van der Waals surface area (Å²) in [7, 11) is 0. The lowest BCUT2D eigenvalue weighted by Crippen LogP contribution is -2.59. The molecule has 0 aliphatic heterocycles. The maximum Gasteiger partial charge on any atom is 0.326 e. The number of carboxylic acids is 2. The number of carbonyl (C=O) groups is 5. The molecule has 13 nitrogen and oxygen atoms in total. The van der Waals surface area contributed by atoms with Crippen molar-refractivity contribution in [3.05, 3.63) is 0 Å². The van der Waals surface area contributed by atoms with E-state index in [-0.39, 0.29) is 18.8 Å². The minimum atomic E-state index is -1.45. The summed E-state index contributed by atoms with van der Waals surface area (Å²) in [4.78, 5) is 60.0. The van der Waals surface area contributed by atoms with Gasteiger partial charge in [-0.2, -0.15) is 0 Å². The van der Waals surface area contributed by atoms with Crippen LogP contribution in [-0.2, 0) is 24.0 Å². The fourth-order valence-corrected chi connectivity index (χ4v) is 2.87. The van der Waals surface area contributed by atoms with Crippen LogP contribution in [0.1, 0.15) is 52.4 Å². The highest BCUT2D eigenvalue weighted by atomic mass is 16.4. The molecular formula is C20H37N5O8. The molecule has 0 saturated carbocycles. The minimum absolute atomic E-state index is 0.150. The number of aliphatic hydroxyl groups is 1. The fraction of sp³-hybridized carbons (Fsp3) is 0.750. The third-order valence-corrected chi connectivity index (χ3v) is 5.17. The highest BCUT2D eigenvalue weighted by Gasteiger charge is 2.32. The zero-order chi connectivity index (χ0) is 25.6. The molecule has 0 rings (SSSR count). The van der Waals surface area contributed by atoms with Gasteiger partial charge in [-0.05, 0) is 38.1 Å². The molecule has 13 heteroatoms. The minimum Gasteiger partial charge on any atom is -0.481 e. The standard InChI is InChI=1S/C20H37N5O8/c1-3-11(2)16(25-17(29)12(22)10-26)19(31)23-13(6-4-5-9-21)18(30)24-14(20(32)33)7-8-15(27)28/h11-14,16,26H,3-10,21-22H2,1-2H3,(H,23,31)(H,24,30)(H,25,29)(H,27,28)(H,32,33). The molecule has 0 fully saturated rings. The Labute approximate surface area is 192 Å². The molecule has 10 N–H and O–H groups in total. The van der Waals surface area contributed by atoms with Crippen molar-refractivity contribution in [3.8, 4) is 0 Å². The van der Waals surface area contributed by atoms with Crippen LogP contribution in [0, 0.1) is 5.92 Å². The maximum absolute atomic E-state index is 12.9. The third-order valence-electron chi connectivity index (χ3n) is 5.17. The SMILES string of the molecule is CCC(C)C(NC(=O)C(N)CO)C(=O)NC(CCCCN)C(=O)NC(CCC(=O)O)C(=O)O. The van der Waals surface area contributed by atoms with E-state index in [1.54, 1.807) is 13.8 Å². The second-order valence-electron chi connectivity index (χ2n) is 7.84. The fourth-order valence-electron chi connectivity index (χ4n) is 2.87. The number of carboxylic acid groups (broad SMARTS) is 2. The van der Waals surface area contributed by atoms with Gasteiger partial charge in [0, 0.05) is 6.42 Å². The number of aliphatic hydroxyl groups excluding tert-OH is 1. The number of nitrogens with two attached hydrogens (primary N) is 2. The van der Waals surface area contributed by atoms with Crippen LogP contribution in [0.4, 0.5) is 0 Å². The van der Waals surface area contributed by atoms with Gasteiger partial charge in [0.25, 0.3) is 0 Å². The molecule has 190 valence electrons. The Hall–Kier alpha value is -2.77. The van der Waals surface area contributed by atoms with E-state index in [0.717, 1.165) is 0 Å². The van der Waals surface area contributed by atoms with E-state index >= 15 is 0 Å². The summed E-state index contributed by atoms with van der Waals surface area (Å²) >= 11 is 0. The zero-order valence-corrected chi connectivity index (χ0v) is 19.1. The summed E-state index contributed by atoms with van der Waals surface area (Å²) < 4.78 is 0. The highest BCUT2D eigenvalue weighted by molar-refractivity contribution is 5.94. The summed E-state index contributed by atoms with van der Waals surface area (Å²) in [5.74, 6) is -5.15. The van der Waals surface area contributed by atoms with Gasteiger partial charge >= 0.3 is 11.9 Å². The first kappa shape index (κ1) is 30.2. The molecule has 0 aliphatic rings. The molecule has 0 bridgehead atoms. The topological polar surface area (TPSA) is 234 Å². The number of nitrogens with one attached hydrogen (secondary N) is 3. The summed E-state index contributed by atoms with van der Waals surface area (Å²) in [6, 6.07) is -4.86. The van der Waals surface area contributed by atoms with E-state index in [2.05, 4.69) is 16.0 Å². The molecule has 0 aromatic carbocycles. The summed E-state index contributed by atoms with van der Waals surface area (Å²) in [6.45, 7) is 3.25. The Morgan fingerprint density at radius 3 is 1.97 bits per heavy atom. The number of rotatable bonds is 17. The molecule has 0 spiro atoms. The van der Waals surface area contributed by atoms with Crippen LogP contribution in [0.25, 0.3) is 0 Å². The number of amides is 3. The van der Waals surface area contributed by atoms with Crippen molar-refractivity contribution in [1.82, 2.24) is 16.0 Å². The highest BCUT2D eigenvalue weighted by Crippen LogP contribution is 2.10. The summed E-state index contributed by atoms with van der Waals surface area (Å²) in [6.07, 6.45) is 0.874. The van der Waals surface area contributed by atoms with E-state index in [4.69, 9.17) is 21.7 Å². The molecule has 0 heterocycles. The molecule has 3 amide bonds. The van der Waals surface area contributed by atoms with Crippen LogP contribution >= 0.6 is 0 Å². The van der Waals surface area contributed by atoms with Crippen molar-refractivity contribution in [1.29, 1.82) is 0 Å². The van der Waals surface area contributed by atoms with Gasteiger partial charge in [0.15, 0.2) is 0 Å². The third kappa shape index (κ3) is 11.6. The van der Waals surface area contributed by atoms with Crippen LogP contribution < -0.4 is 27.4 Å². The predicted molar refractivity (Wildman–Crippen MR) is 118 cm³/mol. The average molecular weight is 476 g/mol. The Morgan fingerprint density at radius 1 is 0.879 bits per heavy atom. The van der Waals surface area contributed by atoms with Gasteiger partial charge in [-0.15, -0.1) is 0 Å². The first-order valence-corrected chi connectivity index (χ1v) is 10.9. The molecular weight excluding hydrogens is 438 g/mol. The smallest absolute Gasteiger partial charge is 0.326 e. The molecule has 0 aromatic heterocycles. The molecule has 5 atom stereocenters. The van der Waals surface area contributed by atoms with Crippen molar-refractivity contribution in [2.45, 2.75) is 76.5 Å². The predicted octanol–water partition coefficient (Wildman–Crippen LogP) is -2.12. The van der Waals surface area contributed by atoms with Crippen LogP contribution in [-0.4, -0.2) is 82.3 Å². The van der Waals surface area contributed by atoms with E-state index in [9.17, 15) is 29.1 Å². The average Bonchev–Trinajstić information content (AvgIpc) is 2.77. The Bertz CT molecular complexity index is 675. The lowest BCUT2D eigenvalue weighted by molar-refractivity contribution is -0.143. The maximum atomic E-state index is 12.9. The molecule has 33 heavy (non-hydrogen) atoms. The molecule has 0 radical (unpaired) electrons. The summed E-state index contributed by atoms with van der Waals surface area (Å²) in [5.41, 5.74) is 11.0. The van der Waals surface area contributed by atoms with Gasteiger partial charge in [0.1, 0.15) is 24.2 Å². The largest absolute Gasteiger partial charge is 0.481 e. The van der Waals surface area contributed by atoms with Gasteiger partial charge in [-0.25, -0.2) is 4.79 Å². The monoisotopic (exact) mass is 475 g/mol. The first-order chi connectivity index (χ1) is 15.5. The van der Waals surface area contributed by atoms with E-state index < -0.39 is 66.9 Å². The number of hydrogen-bond acceptors (Lipinski definition) is 8. The second-order valence-corrected chi connectivity index (χ2v) is 7.84. The van der Waals surface area contributed by atoms with E-state index in [0.29, 0.717) is 25.8 Å². The number of unbranched alkanes of at least 4 members (excludes halogenated alkanes) is 1. The summed E-state index contributed by atoms with van der Waals surface area (Å²) in [5, 5.41) is 34.4. The molecule has 5 unspecified atom stereocenters. The zero-order valence-electron chi connectivity index (χ0n) is 19.1. The quantitative estimate of drug-likeness (QED) is 0.106. The van der Waals surface area contributed by atoms with Gasteiger partial charge in [0.05, 0.1) is 6.61 Å². The number of aliphatic carboxylic acids is 2. The molecule has 0 aliphatic carbocycles. The van der Waals surface area contributed by atoms with Crippen LogP contribution in [0.15, 0.2) is 0 Å². The van der Waals surface area contributed by atoms with Gasteiger partial charge in [0.2, 0.25) is 17.7 Å². The molecule has 0 aromatic rings. The van der Waals surface area contributed by atoms with E-state index in [1.165, 1.54) is 0 Å².